The van der Waals surface area contributed by atoms with E-state index in [9.17, 15) is 43.8 Å². The van der Waals surface area contributed by atoms with Crippen LogP contribution in [0.3, 0.4) is 0 Å². The third-order valence-electron chi connectivity index (χ3n) is 7.61. The highest BCUT2D eigenvalue weighted by atomic mass is 16.4. The first kappa shape index (κ1) is 44.7. The fourth-order valence-corrected chi connectivity index (χ4v) is 4.82. The third kappa shape index (κ3) is 16.6. The number of aliphatic carboxylic acids is 1. The minimum absolute atomic E-state index is 0.0305. The smallest absolute Gasteiger partial charge is 0.326 e. The van der Waals surface area contributed by atoms with Crippen molar-refractivity contribution in [2.45, 2.75) is 102 Å². The number of hydrogen-bond donors (Lipinski definition) is 12. The molecule has 52 heavy (non-hydrogen) atoms. The van der Waals surface area contributed by atoms with Crippen molar-refractivity contribution in [3.63, 3.8) is 0 Å². The third-order valence-corrected chi connectivity index (χ3v) is 7.61. The van der Waals surface area contributed by atoms with Gasteiger partial charge in [0.1, 0.15) is 30.2 Å². The lowest BCUT2D eigenvalue weighted by Gasteiger charge is -2.28. The second kappa shape index (κ2) is 22.5. The van der Waals surface area contributed by atoms with Crippen LogP contribution in [0.1, 0.15) is 65.5 Å². The summed E-state index contributed by atoms with van der Waals surface area (Å²) >= 11 is 0. The molecule has 1 heterocycles. The number of guanidine groups is 1. The number of aromatic nitrogens is 2. The first-order valence-electron chi connectivity index (χ1n) is 16.8. The van der Waals surface area contributed by atoms with Crippen LogP contribution in [0.15, 0.2) is 17.5 Å². The largest absolute Gasteiger partial charge is 0.480 e. The van der Waals surface area contributed by atoms with Crippen molar-refractivity contribution in [1.29, 1.82) is 0 Å². The molecule has 6 amide bonds. The van der Waals surface area contributed by atoms with Crippen molar-refractivity contribution in [3.8, 4) is 0 Å². The number of nitrogens with two attached hydrogens (primary N) is 4. The molecule has 0 bridgehead atoms. The van der Waals surface area contributed by atoms with Gasteiger partial charge in [-0.05, 0) is 37.5 Å². The van der Waals surface area contributed by atoms with Crippen LogP contribution in [0.4, 0.5) is 0 Å². The Hall–Kier alpha value is -5.31. The number of aliphatic hydroxyl groups is 1. The number of rotatable bonds is 24. The van der Waals surface area contributed by atoms with Gasteiger partial charge in [0.05, 0.1) is 19.0 Å². The zero-order chi connectivity index (χ0) is 39.5. The molecule has 0 saturated heterocycles. The first-order chi connectivity index (χ1) is 24.4. The number of hydrogen-bond acceptors (Lipinski definition) is 11. The van der Waals surface area contributed by atoms with Crippen LogP contribution in [0.25, 0.3) is 0 Å². The van der Waals surface area contributed by atoms with Crippen molar-refractivity contribution in [2.24, 2.45) is 39.8 Å². The summed E-state index contributed by atoms with van der Waals surface area (Å²) in [6, 6.07) is -7.92. The molecule has 16 N–H and O–H groups in total. The molecule has 0 spiro atoms. The zero-order valence-electron chi connectivity index (χ0n) is 29.9. The quantitative estimate of drug-likeness (QED) is 0.0272. The predicted molar refractivity (Wildman–Crippen MR) is 187 cm³/mol. The number of aliphatic hydroxyl groups excluding tert-OH is 1. The highest BCUT2D eigenvalue weighted by molar-refractivity contribution is 5.96. The maximum atomic E-state index is 13.6. The molecule has 0 saturated carbocycles. The Labute approximate surface area is 301 Å². The number of nitrogens with one attached hydrogen (secondary N) is 6. The van der Waals surface area contributed by atoms with Gasteiger partial charge in [-0.15, -0.1) is 0 Å². The molecular formula is C31H54N12O9. The fraction of sp³-hybridized carbons (Fsp3) is 0.645. The number of imidazole rings is 1. The average molecular weight is 739 g/mol. The van der Waals surface area contributed by atoms with Gasteiger partial charge in [0, 0.05) is 31.3 Å². The van der Waals surface area contributed by atoms with Crippen LogP contribution < -0.4 is 49.5 Å². The molecule has 0 aromatic carbocycles. The van der Waals surface area contributed by atoms with Gasteiger partial charge in [-0.2, -0.15) is 0 Å². The summed E-state index contributed by atoms with van der Waals surface area (Å²) in [6.07, 6.45) is 2.46. The number of carboxylic acids is 1. The van der Waals surface area contributed by atoms with Gasteiger partial charge in [0.15, 0.2) is 5.96 Å². The molecule has 1 aromatic rings. The van der Waals surface area contributed by atoms with Gasteiger partial charge < -0.3 is 64.7 Å². The summed E-state index contributed by atoms with van der Waals surface area (Å²) in [6.45, 7) is 6.17. The van der Waals surface area contributed by atoms with Crippen LogP contribution in [0, 0.1) is 11.8 Å². The van der Waals surface area contributed by atoms with Crippen molar-refractivity contribution in [1.82, 2.24) is 36.6 Å². The Morgan fingerprint density at radius 3 is 1.90 bits per heavy atom. The molecule has 1 aromatic heterocycles. The molecule has 21 nitrogen and oxygen atoms in total. The van der Waals surface area contributed by atoms with Crippen molar-refractivity contribution in [3.05, 3.63) is 18.2 Å². The number of carboxylic acid groups (broad SMARTS) is 1. The van der Waals surface area contributed by atoms with Gasteiger partial charge in [0.25, 0.3) is 0 Å². The first-order valence-corrected chi connectivity index (χ1v) is 16.8. The molecule has 1 rings (SSSR count). The van der Waals surface area contributed by atoms with E-state index in [2.05, 4.69) is 41.5 Å². The lowest BCUT2D eigenvalue weighted by atomic mass is 10.0. The van der Waals surface area contributed by atoms with E-state index in [1.165, 1.54) is 12.5 Å². The monoisotopic (exact) mass is 738 g/mol. The van der Waals surface area contributed by atoms with Crippen LogP contribution in [-0.4, -0.2) is 117 Å². The molecule has 0 aliphatic carbocycles. The Kier molecular flexibility index (Phi) is 19.3. The van der Waals surface area contributed by atoms with Gasteiger partial charge in [-0.25, -0.2) is 9.78 Å². The van der Waals surface area contributed by atoms with Crippen LogP contribution in [0.2, 0.25) is 0 Å². The summed E-state index contributed by atoms with van der Waals surface area (Å²) in [4.78, 5) is 100. The number of carbonyl (C=O) groups is 7. The van der Waals surface area contributed by atoms with Gasteiger partial charge in [0.2, 0.25) is 35.4 Å². The minimum atomic E-state index is -1.50. The van der Waals surface area contributed by atoms with Gasteiger partial charge in [-0.3, -0.25) is 33.8 Å². The molecule has 0 aliphatic heterocycles. The second-order valence-electron chi connectivity index (χ2n) is 13.0. The lowest BCUT2D eigenvalue weighted by molar-refractivity contribution is -0.142. The molecule has 292 valence electrons. The van der Waals surface area contributed by atoms with E-state index in [0.717, 1.165) is 0 Å². The molecular weight excluding hydrogens is 684 g/mol. The highest BCUT2D eigenvalue weighted by Gasteiger charge is 2.34. The number of amides is 6. The van der Waals surface area contributed by atoms with E-state index in [1.54, 1.807) is 13.8 Å². The Balaban J connectivity index is 3.20. The number of H-pyrrole nitrogens is 1. The van der Waals surface area contributed by atoms with Gasteiger partial charge in [-0.1, -0.05) is 27.7 Å². The topological polar surface area (TPSA) is 365 Å². The molecule has 0 radical (unpaired) electrons. The minimum Gasteiger partial charge on any atom is -0.480 e. The normalized spacial score (nSPS) is 14.5. The number of primary amides is 1. The van der Waals surface area contributed by atoms with Crippen LogP contribution in [-0.2, 0) is 40.0 Å². The summed E-state index contributed by atoms with van der Waals surface area (Å²) < 4.78 is 0. The average Bonchev–Trinajstić information content (AvgIpc) is 3.57. The molecule has 21 heteroatoms. The second-order valence-corrected chi connectivity index (χ2v) is 13.0. The van der Waals surface area contributed by atoms with Crippen LogP contribution >= 0.6 is 0 Å². The van der Waals surface area contributed by atoms with E-state index < -0.39 is 90.2 Å². The van der Waals surface area contributed by atoms with Crippen LogP contribution in [0.5, 0.6) is 0 Å². The van der Waals surface area contributed by atoms with Gasteiger partial charge >= 0.3 is 5.97 Å². The van der Waals surface area contributed by atoms with Crippen molar-refractivity contribution >= 4 is 47.4 Å². The van der Waals surface area contributed by atoms with E-state index in [1.807, 2.05) is 13.8 Å². The molecule has 0 aliphatic rings. The Morgan fingerprint density at radius 1 is 0.808 bits per heavy atom. The maximum absolute atomic E-state index is 13.6. The Morgan fingerprint density at radius 2 is 1.38 bits per heavy atom. The zero-order valence-corrected chi connectivity index (χ0v) is 29.9. The van der Waals surface area contributed by atoms with E-state index in [0.29, 0.717) is 12.1 Å². The summed E-state index contributed by atoms with van der Waals surface area (Å²) in [7, 11) is 0. The number of nitrogens with zero attached hydrogens (tertiary/aromatic N) is 2. The SMILES string of the molecule is CC(C)CC(N)C(=O)NC(CO)C(=O)NC(CCC(N)=O)C(=O)NC(C(=O)NC(Cc1cnc[nH]1)C(=O)NC(CCCN=C(N)N)C(=O)O)C(C)C. The van der Waals surface area contributed by atoms with Crippen molar-refractivity contribution < 1.29 is 43.8 Å². The predicted octanol–water partition coefficient (Wildman–Crippen LogP) is -4.20. The summed E-state index contributed by atoms with van der Waals surface area (Å²) in [5.41, 5.74) is 22.2. The molecule has 6 unspecified atom stereocenters. The standard InChI is InChI=1S/C31H54N12O9/c1-15(2)10-18(32)25(46)42-22(13-44)28(49)39-19(7-8-23(33)45)26(47)43-24(16(3)4)29(50)41-21(11-17-12-36-14-38-17)27(48)40-20(30(51)52)6-5-9-37-31(34)35/h12,14-16,18-22,24,44H,5-11,13,32H2,1-4H3,(H2,33,45)(H,36,38)(H,39,49)(H,40,48)(H,41,50)(H,42,46)(H,43,47)(H,51,52)(H4,34,35,37). The van der Waals surface area contributed by atoms with E-state index >= 15 is 0 Å². The van der Waals surface area contributed by atoms with Crippen molar-refractivity contribution in [2.75, 3.05) is 13.2 Å². The number of carbonyl (C=O) groups excluding carboxylic acids is 6. The fourth-order valence-electron chi connectivity index (χ4n) is 4.82. The number of aliphatic imine (C=N–C) groups is 1. The highest BCUT2D eigenvalue weighted by Crippen LogP contribution is 2.09. The van der Waals surface area contributed by atoms with E-state index in [4.69, 9.17) is 22.9 Å². The summed E-state index contributed by atoms with van der Waals surface area (Å²) in [5.74, 6) is -7.08. The number of aromatic amines is 1. The maximum Gasteiger partial charge on any atom is 0.326 e. The molecule has 6 atom stereocenters. The summed E-state index contributed by atoms with van der Waals surface area (Å²) in [5, 5.41) is 31.7. The Bertz CT molecular complexity index is 1380. The lowest BCUT2D eigenvalue weighted by Crippen LogP contribution is -2.61. The molecule has 0 fully saturated rings. The van der Waals surface area contributed by atoms with E-state index in [-0.39, 0.29) is 50.5 Å².